The third kappa shape index (κ3) is 6.58. The summed E-state index contributed by atoms with van der Waals surface area (Å²) in [5.41, 5.74) is 0. The van der Waals surface area contributed by atoms with Crippen molar-refractivity contribution in [2.24, 2.45) is 5.92 Å². The standard InChI is InChI=1S/C10H20O3/c1-4-6-9(8-12-3)7-10(11)13-5-2/h9H,4-8H2,1-3H3/t9-/m0/s1. The van der Waals surface area contributed by atoms with Crippen molar-refractivity contribution in [3.63, 3.8) is 0 Å². The van der Waals surface area contributed by atoms with Crippen LogP contribution in [0.25, 0.3) is 0 Å². The Balaban J connectivity index is 3.71. The number of carbonyl (C=O) groups excluding carboxylic acids is 1. The van der Waals surface area contributed by atoms with E-state index in [9.17, 15) is 4.79 Å². The predicted molar refractivity (Wildman–Crippen MR) is 51.5 cm³/mol. The maximum Gasteiger partial charge on any atom is 0.306 e. The molecule has 78 valence electrons. The van der Waals surface area contributed by atoms with Gasteiger partial charge < -0.3 is 9.47 Å². The van der Waals surface area contributed by atoms with Gasteiger partial charge in [-0.3, -0.25) is 4.79 Å². The zero-order valence-electron chi connectivity index (χ0n) is 8.84. The second kappa shape index (κ2) is 8.05. The van der Waals surface area contributed by atoms with Gasteiger partial charge in [0.05, 0.1) is 13.0 Å². The quantitative estimate of drug-likeness (QED) is 0.573. The lowest BCUT2D eigenvalue weighted by Gasteiger charge is -2.13. The van der Waals surface area contributed by atoms with Crippen LogP contribution in [-0.4, -0.2) is 26.3 Å². The molecule has 0 fully saturated rings. The summed E-state index contributed by atoms with van der Waals surface area (Å²) in [6.45, 7) is 5.04. The summed E-state index contributed by atoms with van der Waals surface area (Å²) in [4.78, 5) is 11.1. The molecule has 0 aliphatic rings. The summed E-state index contributed by atoms with van der Waals surface area (Å²) in [7, 11) is 1.66. The molecule has 13 heavy (non-hydrogen) atoms. The Morgan fingerprint density at radius 3 is 2.54 bits per heavy atom. The fourth-order valence-electron chi connectivity index (χ4n) is 1.34. The highest BCUT2D eigenvalue weighted by atomic mass is 16.5. The van der Waals surface area contributed by atoms with Gasteiger partial charge >= 0.3 is 5.97 Å². The Morgan fingerprint density at radius 2 is 2.08 bits per heavy atom. The maximum absolute atomic E-state index is 11.1. The number of methoxy groups -OCH3 is 1. The minimum absolute atomic E-state index is 0.113. The van der Waals surface area contributed by atoms with Crippen LogP contribution in [0.3, 0.4) is 0 Å². The van der Waals surface area contributed by atoms with Gasteiger partial charge in [0.15, 0.2) is 0 Å². The second-order valence-electron chi connectivity index (χ2n) is 3.12. The minimum Gasteiger partial charge on any atom is -0.466 e. The summed E-state index contributed by atoms with van der Waals surface area (Å²) >= 11 is 0. The topological polar surface area (TPSA) is 35.5 Å². The largest absolute Gasteiger partial charge is 0.466 e. The first kappa shape index (κ1) is 12.4. The number of esters is 1. The monoisotopic (exact) mass is 188 g/mol. The third-order valence-corrected chi connectivity index (χ3v) is 1.86. The molecule has 0 aliphatic heterocycles. The summed E-state index contributed by atoms with van der Waals surface area (Å²) < 4.78 is 9.90. The third-order valence-electron chi connectivity index (χ3n) is 1.86. The molecule has 0 spiro atoms. The fourth-order valence-corrected chi connectivity index (χ4v) is 1.34. The first-order valence-electron chi connectivity index (χ1n) is 4.89. The Hall–Kier alpha value is -0.570. The van der Waals surface area contributed by atoms with Crippen LogP contribution in [0.1, 0.15) is 33.1 Å². The zero-order chi connectivity index (χ0) is 10.1. The van der Waals surface area contributed by atoms with Crippen LogP contribution in [-0.2, 0) is 14.3 Å². The molecule has 0 aromatic rings. The van der Waals surface area contributed by atoms with Crippen molar-refractivity contribution in [3.05, 3.63) is 0 Å². The average molecular weight is 188 g/mol. The van der Waals surface area contributed by atoms with Crippen LogP contribution >= 0.6 is 0 Å². The molecule has 0 heterocycles. The van der Waals surface area contributed by atoms with Crippen LogP contribution < -0.4 is 0 Å². The average Bonchev–Trinajstić information content (AvgIpc) is 2.05. The molecule has 0 N–H and O–H groups in total. The van der Waals surface area contributed by atoms with Crippen molar-refractivity contribution in [1.29, 1.82) is 0 Å². The van der Waals surface area contributed by atoms with Gasteiger partial charge in [-0.15, -0.1) is 0 Å². The Bertz CT molecular complexity index is 128. The molecule has 0 radical (unpaired) electrons. The van der Waals surface area contributed by atoms with E-state index < -0.39 is 0 Å². The summed E-state index contributed by atoms with van der Waals surface area (Å²) in [5.74, 6) is 0.201. The number of hydrogen-bond acceptors (Lipinski definition) is 3. The van der Waals surface area contributed by atoms with E-state index in [4.69, 9.17) is 9.47 Å². The Kier molecular flexibility index (Phi) is 7.69. The summed E-state index contributed by atoms with van der Waals surface area (Å²) in [6.07, 6.45) is 2.58. The van der Waals surface area contributed by atoms with Crippen molar-refractivity contribution in [2.75, 3.05) is 20.3 Å². The number of carbonyl (C=O) groups is 1. The molecule has 0 aliphatic carbocycles. The lowest BCUT2D eigenvalue weighted by Crippen LogP contribution is -2.15. The highest BCUT2D eigenvalue weighted by molar-refractivity contribution is 5.69. The highest BCUT2D eigenvalue weighted by Gasteiger charge is 2.13. The van der Waals surface area contributed by atoms with Crippen LogP contribution in [0, 0.1) is 5.92 Å². The molecule has 3 heteroatoms. The SMILES string of the molecule is CCC[C@H](COC)CC(=O)OCC. The molecule has 0 saturated carbocycles. The molecular formula is C10H20O3. The predicted octanol–water partition coefficient (Wildman–Crippen LogP) is 2.00. The van der Waals surface area contributed by atoms with Crippen molar-refractivity contribution in [1.82, 2.24) is 0 Å². The zero-order valence-corrected chi connectivity index (χ0v) is 8.84. The van der Waals surface area contributed by atoms with E-state index in [-0.39, 0.29) is 5.97 Å². The number of ether oxygens (including phenoxy) is 2. The molecule has 0 amide bonds. The van der Waals surface area contributed by atoms with E-state index >= 15 is 0 Å². The van der Waals surface area contributed by atoms with Crippen molar-refractivity contribution in [2.45, 2.75) is 33.1 Å². The van der Waals surface area contributed by atoms with Gasteiger partial charge in [0.2, 0.25) is 0 Å². The van der Waals surface area contributed by atoms with Gasteiger partial charge in [0.25, 0.3) is 0 Å². The molecule has 0 saturated heterocycles. The first-order valence-corrected chi connectivity index (χ1v) is 4.89. The molecule has 0 aromatic heterocycles. The fraction of sp³-hybridized carbons (Fsp3) is 0.900. The van der Waals surface area contributed by atoms with Gasteiger partial charge in [0, 0.05) is 13.7 Å². The maximum atomic E-state index is 11.1. The van der Waals surface area contributed by atoms with Gasteiger partial charge in [-0.2, -0.15) is 0 Å². The van der Waals surface area contributed by atoms with Gasteiger partial charge in [-0.05, 0) is 19.3 Å². The lowest BCUT2D eigenvalue weighted by atomic mass is 10.0. The molecule has 0 unspecified atom stereocenters. The van der Waals surface area contributed by atoms with E-state index in [1.165, 1.54) is 0 Å². The molecule has 3 nitrogen and oxygen atoms in total. The van der Waals surface area contributed by atoms with Crippen LogP contribution in [0.4, 0.5) is 0 Å². The first-order chi connectivity index (χ1) is 6.24. The van der Waals surface area contributed by atoms with E-state index in [1.807, 2.05) is 6.92 Å². The van der Waals surface area contributed by atoms with Gasteiger partial charge in [-0.1, -0.05) is 13.3 Å². The van der Waals surface area contributed by atoms with Gasteiger partial charge in [0.1, 0.15) is 0 Å². The van der Waals surface area contributed by atoms with Crippen molar-refractivity contribution >= 4 is 5.97 Å². The lowest BCUT2D eigenvalue weighted by molar-refractivity contribution is -0.144. The van der Waals surface area contributed by atoms with E-state index in [0.717, 1.165) is 12.8 Å². The van der Waals surface area contributed by atoms with Crippen LogP contribution in [0.15, 0.2) is 0 Å². The van der Waals surface area contributed by atoms with Gasteiger partial charge in [-0.25, -0.2) is 0 Å². The van der Waals surface area contributed by atoms with Crippen molar-refractivity contribution < 1.29 is 14.3 Å². The number of hydrogen-bond donors (Lipinski definition) is 0. The number of rotatable bonds is 7. The van der Waals surface area contributed by atoms with Crippen molar-refractivity contribution in [3.8, 4) is 0 Å². The molecule has 0 rings (SSSR count). The minimum atomic E-state index is -0.113. The molecular weight excluding hydrogens is 168 g/mol. The smallest absolute Gasteiger partial charge is 0.306 e. The molecule has 0 bridgehead atoms. The summed E-state index contributed by atoms with van der Waals surface area (Å²) in [5, 5.41) is 0. The van der Waals surface area contributed by atoms with E-state index in [2.05, 4.69) is 6.92 Å². The summed E-state index contributed by atoms with van der Waals surface area (Å²) in [6, 6.07) is 0. The second-order valence-corrected chi connectivity index (χ2v) is 3.12. The Morgan fingerprint density at radius 1 is 1.38 bits per heavy atom. The van der Waals surface area contributed by atoms with Crippen LogP contribution in [0.2, 0.25) is 0 Å². The van der Waals surface area contributed by atoms with Crippen LogP contribution in [0.5, 0.6) is 0 Å². The van der Waals surface area contributed by atoms with E-state index in [1.54, 1.807) is 7.11 Å². The highest BCUT2D eigenvalue weighted by Crippen LogP contribution is 2.12. The molecule has 1 atom stereocenters. The Labute approximate surface area is 80.4 Å². The van der Waals surface area contributed by atoms with E-state index in [0.29, 0.717) is 25.6 Å². The molecule has 0 aromatic carbocycles. The normalized spacial score (nSPS) is 12.5.